The topological polar surface area (TPSA) is 76.1 Å². The van der Waals surface area contributed by atoms with E-state index in [0.29, 0.717) is 42.4 Å². The lowest BCUT2D eigenvalue weighted by molar-refractivity contribution is 0.102. The summed E-state index contributed by atoms with van der Waals surface area (Å²) in [4.78, 5) is 20.7. The third-order valence-electron chi connectivity index (χ3n) is 3.98. The molecule has 0 saturated carbocycles. The van der Waals surface area contributed by atoms with Crippen LogP contribution in [0.5, 0.6) is 5.75 Å². The highest BCUT2D eigenvalue weighted by molar-refractivity contribution is 6.03. The minimum Gasteiger partial charge on any atom is -0.492 e. The zero-order valence-electron chi connectivity index (χ0n) is 15.5. The first-order chi connectivity index (χ1) is 13.7. The Morgan fingerprint density at radius 3 is 2.61 bits per heavy atom. The van der Waals surface area contributed by atoms with Gasteiger partial charge in [-0.1, -0.05) is 30.3 Å². The normalized spacial score (nSPS) is 10.4. The lowest BCUT2D eigenvalue weighted by Gasteiger charge is -2.11. The van der Waals surface area contributed by atoms with Gasteiger partial charge in [0, 0.05) is 6.54 Å². The summed E-state index contributed by atoms with van der Waals surface area (Å²) in [5, 5.41) is 5.84. The first kappa shape index (κ1) is 19.3. The highest BCUT2D eigenvalue weighted by Crippen LogP contribution is 2.24. The number of nitrogens with one attached hydrogen (secondary N) is 2. The molecule has 3 aromatic rings. The summed E-state index contributed by atoms with van der Waals surface area (Å²) >= 11 is 0. The van der Waals surface area contributed by atoms with Crippen molar-refractivity contribution >= 4 is 17.4 Å². The van der Waals surface area contributed by atoms with Crippen molar-refractivity contribution in [2.75, 3.05) is 23.8 Å². The van der Waals surface area contributed by atoms with Crippen molar-refractivity contribution in [2.45, 2.75) is 13.3 Å². The van der Waals surface area contributed by atoms with Gasteiger partial charge in [-0.05, 0) is 37.1 Å². The van der Waals surface area contributed by atoms with Gasteiger partial charge in [-0.3, -0.25) is 4.79 Å². The lowest BCUT2D eigenvalue weighted by Crippen LogP contribution is -2.15. The molecule has 0 aliphatic rings. The van der Waals surface area contributed by atoms with Gasteiger partial charge in [-0.2, -0.15) is 0 Å². The largest absolute Gasteiger partial charge is 0.492 e. The van der Waals surface area contributed by atoms with Crippen LogP contribution < -0.4 is 15.4 Å². The van der Waals surface area contributed by atoms with E-state index in [1.165, 1.54) is 18.5 Å². The smallest absolute Gasteiger partial charge is 0.275 e. The van der Waals surface area contributed by atoms with Crippen molar-refractivity contribution in [1.29, 1.82) is 0 Å². The molecule has 2 aromatic carbocycles. The molecule has 1 aromatic heterocycles. The number of halogens is 1. The number of anilines is 2. The van der Waals surface area contributed by atoms with E-state index < -0.39 is 0 Å². The monoisotopic (exact) mass is 380 g/mol. The van der Waals surface area contributed by atoms with E-state index in [2.05, 4.69) is 20.6 Å². The van der Waals surface area contributed by atoms with Gasteiger partial charge in [-0.25, -0.2) is 14.4 Å². The molecule has 3 rings (SSSR count). The first-order valence-electron chi connectivity index (χ1n) is 9.00. The fourth-order valence-corrected chi connectivity index (χ4v) is 2.60. The molecule has 0 atom stereocenters. The zero-order chi connectivity index (χ0) is 19.8. The Kier molecular flexibility index (Phi) is 6.51. The van der Waals surface area contributed by atoms with E-state index in [9.17, 15) is 9.18 Å². The number of rotatable bonds is 8. The Morgan fingerprint density at radius 1 is 1.07 bits per heavy atom. The van der Waals surface area contributed by atoms with Crippen molar-refractivity contribution in [3.05, 3.63) is 78.0 Å². The van der Waals surface area contributed by atoms with Crippen LogP contribution in [0.2, 0.25) is 0 Å². The van der Waals surface area contributed by atoms with Crippen LogP contribution in [0, 0.1) is 5.82 Å². The molecule has 7 heteroatoms. The molecule has 1 amide bonds. The quantitative estimate of drug-likeness (QED) is 0.619. The average Bonchev–Trinajstić information content (AvgIpc) is 2.71. The SMILES string of the molecule is CCOc1ccccc1NC(=O)c1cnc(NCCc2ccccc2F)cn1. The van der Waals surface area contributed by atoms with Gasteiger partial charge >= 0.3 is 0 Å². The maximum absolute atomic E-state index is 13.6. The molecule has 6 nitrogen and oxygen atoms in total. The summed E-state index contributed by atoms with van der Waals surface area (Å²) in [6.45, 7) is 2.88. The van der Waals surface area contributed by atoms with Crippen LogP contribution >= 0.6 is 0 Å². The van der Waals surface area contributed by atoms with Crippen LogP contribution in [0.15, 0.2) is 60.9 Å². The van der Waals surface area contributed by atoms with Gasteiger partial charge in [0.1, 0.15) is 23.1 Å². The van der Waals surface area contributed by atoms with Crippen molar-refractivity contribution in [2.24, 2.45) is 0 Å². The predicted octanol–water partition coefficient (Wildman–Crippen LogP) is 3.92. The van der Waals surface area contributed by atoms with Gasteiger partial charge < -0.3 is 15.4 Å². The second-order valence-corrected chi connectivity index (χ2v) is 5.94. The van der Waals surface area contributed by atoms with Crippen LogP contribution in [0.3, 0.4) is 0 Å². The predicted molar refractivity (Wildman–Crippen MR) is 106 cm³/mol. The minimum atomic E-state index is -0.377. The first-order valence-corrected chi connectivity index (χ1v) is 9.00. The summed E-state index contributed by atoms with van der Waals surface area (Å²) in [6.07, 6.45) is 3.39. The molecule has 144 valence electrons. The number of carbonyl (C=O) groups excluding carboxylic acids is 1. The number of ether oxygens (including phenoxy) is 1. The van der Waals surface area contributed by atoms with Crippen molar-refractivity contribution in [1.82, 2.24) is 9.97 Å². The van der Waals surface area contributed by atoms with Crippen LogP contribution in [-0.4, -0.2) is 29.0 Å². The molecular formula is C21H21FN4O2. The number of aromatic nitrogens is 2. The third-order valence-corrected chi connectivity index (χ3v) is 3.98. The number of amides is 1. The fourth-order valence-electron chi connectivity index (χ4n) is 2.60. The van der Waals surface area contributed by atoms with Crippen LogP contribution in [0.1, 0.15) is 23.0 Å². The molecular weight excluding hydrogens is 359 g/mol. The number of benzene rings is 2. The second kappa shape index (κ2) is 9.45. The molecule has 0 unspecified atom stereocenters. The average molecular weight is 380 g/mol. The Balaban J connectivity index is 1.56. The summed E-state index contributed by atoms with van der Waals surface area (Å²) in [7, 11) is 0. The molecule has 0 spiro atoms. The lowest BCUT2D eigenvalue weighted by atomic mass is 10.1. The van der Waals surface area contributed by atoms with E-state index in [1.807, 2.05) is 19.1 Å². The van der Waals surface area contributed by atoms with Crippen LogP contribution in [0.25, 0.3) is 0 Å². The van der Waals surface area contributed by atoms with Crippen LogP contribution in [-0.2, 0) is 6.42 Å². The van der Waals surface area contributed by atoms with E-state index in [0.717, 1.165) is 0 Å². The molecule has 0 radical (unpaired) electrons. The van der Waals surface area contributed by atoms with E-state index >= 15 is 0 Å². The van der Waals surface area contributed by atoms with E-state index in [-0.39, 0.29) is 17.4 Å². The van der Waals surface area contributed by atoms with Gasteiger partial charge in [0.2, 0.25) is 0 Å². The van der Waals surface area contributed by atoms with E-state index in [4.69, 9.17) is 4.74 Å². The molecule has 0 saturated heterocycles. The number of nitrogens with zero attached hydrogens (tertiary/aromatic N) is 2. The summed E-state index contributed by atoms with van der Waals surface area (Å²) in [6, 6.07) is 13.8. The molecule has 0 bridgehead atoms. The Labute approximate surface area is 162 Å². The molecule has 28 heavy (non-hydrogen) atoms. The Hall–Kier alpha value is -3.48. The maximum Gasteiger partial charge on any atom is 0.275 e. The molecule has 2 N–H and O–H groups in total. The Bertz CT molecular complexity index is 932. The standard InChI is InChI=1S/C21H21FN4O2/c1-2-28-19-10-6-5-9-17(19)26-21(27)18-13-25-20(14-24-18)23-12-11-15-7-3-4-8-16(15)22/h3-10,13-14H,2,11-12H2,1H3,(H,23,25)(H,26,27). The van der Waals surface area contributed by atoms with Gasteiger partial charge in [0.15, 0.2) is 0 Å². The molecule has 0 aliphatic heterocycles. The minimum absolute atomic E-state index is 0.186. The summed E-state index contributed by atoms with van der Waals surface area (Å²) in [5.74, 6) is 0.507. The van der Waals surface area contributed by atoms with Gasteiger partial charge in [-0.15, -0.1) is 0 Å². The zero-order valence-corrected chi connectivity index (χ0v) is 15.5. The summed E-state index contributed by atoms with van der Waals surface area (Å²) in [5.41, 5.74) is 1.39. The number of para-hydroxylation sites is 2. The highest BCUT2D eigenvalue weighted by atomic mass is 19.1. The fraction of sp³-hybridized carbons (Fsp3) is 0.190. The molecule has 0 fully saturated rings. The molecule has 0 aliphatic carbocycles. The van der Waals surface area contributed by atoms with Gasteiger partial charge in [0.25, 0.3) is 5.91 Å². The summed E-state index contributed by atoms with van der Waals surface area (Å²) < 4.78 is 19.1. The number of hydrogen-bond acceptors (Lipinski definition) is 5. The number of carbonyl (C=O) groups is 1. The van der Waals surface area contributed by atoms with Crippen molar-refractivity contribution in [3.63, 3.8) is 0 Å². The number of hydrogen-bond donors (Lipinski definition) is 2. The van der Waals surface area contributed by atoms with Crippen molar-refractivity contribution in [3.8, 4) is 5.75 Å². The third kappa shape index (κ3) is 5.03. The Morgan fingerprint density at radius 2 is 1.86 bits per heavy atom. The van der Waals surface area contributed by atoms with Crippen molar-refractivity contribution < 1.29 is 13.9 Å². The van der Waals surface area contributed by atoms with E-state index in [1.54, 1.807) is 30.3 Å². The molecule has 1 heterocycles. The highest BCUT2D eigenvalue weighted by Gasteiger charge is 2.11. The van der Waals surface area contributed by atoms with Gasteiger partial charge in [0.05, 0.1) is 24.7 Å². The second-order valence-electron chi connectivity index (χ2n) is 5.94. The van der Waals surface area contributed by atoms with Crippen LogP contribution in [0.4, 0.5) is 15.9 Å². The maximum atomic E-state index is 13.6.